The minimum absolute atomic E-state index is 0.0381. The number of fused-ring (bicyclic) bond motifs is 1. The van der Waals surface area contributed by atoms with Gasteiger partial charge in [0.05, 0.1) is 21.2 Å². The Bertz CT molecular complexity index is 1010. The van der Waals surface area contributed by atoms with Gasteiger partial charge in [0.15, 0.2) is 6.10 Å². The van der Waals surface area contributed by atoms with Crippen LogP contribution in [0.1, 0.15) is 22.8 Å². The summed E-state index contributed by atoms with van der Waals surface area (Å²) in [5.74, 6) is -2.19. The molecule has 2 aromatic rings. The zero-order valence-corrected chi connectivity index (χ0v) is 15.8. The number of rotatable bonds is 5. The molecule has 0 spiro atoms. The number of nitrogens with zero attached hydrogens (tertiary/aromatic N) is 1. The van der Waals surface area contributed by atoms with E-state index >= 15 is 0 Å². The summed E-state index contributed by atoms with van der Waals surface area (Å²) in [6.07, 6.45) is -2.23. The molecule has 1 aliphatic heterocycles. The average molecular weight is 419 g/mol. The highest BCUT2D eigenvalue weighted by Gasteiger charge is 2.34. The molecule has 1 aliphatic rings. The SMILES string of the molecule is C[C@@H](OC(=O)[C@@H]1Cc2ccccc2C(=O)O1)C(=O)Nc1ccc([N+](=O)[O-])cc1Cl. The van der Waals surface area contributed by atoms with Crippen LogP contribution in [-0.4, -0.2) is 35.0 Å². The summed E-state index contributed by atoms with van der Waals surface area (Å²) in [6.45, 7) is 1.34. The third-order valence-corrected chi connectivity index (χ3v) is 4.55. The lowest BCUT2D eigenvalue weighted by Crippen LogP contribution is -2.39. The number of non-ortho nitro benzene ring substituents is 1. The molecule has 1 heterocycles. The Labute approximate surface area is 169 Å². The molecule has 10 heteroatoms. The number of cyclic esters (lactones) is 1. The number of nitrogens with one attached hydrogen (secondary N) is 1. The molecule has 29 heavy (non-hydrogen) atoms. The largest absolute Gasteiger partial charge is 0.450 e. The fourth-order valence-corrected chi connectivity index (χ4v) is 2.94. The molecule has 0 bridgehead atoms. The van der Waals surface area contributed by atoms with Crippen LogP contribution in [-0.2, 0) is 25.5 Å². The van der Waals surface area contributed by atoms with Crippen molar-refractivity contribution in [2.24, 2.45) is 0 Å². The van der Waals surface area contributed by atoms with E-state index in [-0.39, 0.29) is 22.8 Å². The number of esters is 2. The Morgan fingerprint density at radius 1 is 1.31 bits per heavy atom. The number of halogens is 1. The van der Waals surface area contributed by atoms with Crippen LogP contribution in [0.25, 0.3) is 0 Å². The molecule has 2 atom stereocenters. The number of amides is 1. The van der Waals surface area contributed by atoms with Crippen LogP contribution in [0.4, 0.5) is 11.4 Å². The fraction of sp³-hybridized carbons (Fsp3) is 0.211. The molecule has 150 valence electrons. The number of nitro benzene ring substituents is 1. The molecule has 1 N–H and O–H groups in total. The number of carbonyl (C=O) groups excluding carboxylic acids is 3. The van der Waals surface area contributed by atoms with Crippen molar-refractivity contribution in [1.29, 1.82) is 0 Å². The van der Waals surface area contributed by atoms with Crippen LogP contribution in [0.2, 0.25) is 5.02 Å². The summed E-state index contributed by atoms with van der Waals surface area (Å²) < 4.78 is 10.2. The normalized spacial score (nSPS) is 16.2. The van der Waals surface area contributed by atoms with Crippen LogP contribution in [0.5, 0.6) is 0 Å². The Hall–Kier alpha value is -3.46. The molecule has 0 aliphatic carbocycles. The molecule has 9 nitrogen and oxygen atoms in total. The van der Waals surface area contributed by atoms with Crippen LogP contribution in [0.3, 0.4) is 0 Å². The standard InChI is InChI=1S/C19H15ClN2O7/c1-10(17(23)21-15-7-6-12(22(26)27)9-14(15)20)28-19(25)16-8-11-4-2-3-5-13(11)18(24)29-16/h2-7,9-10,16H,8H2,1H3,(H,21,23)/t10-,16+/m1/s1. The second-order valence-electron chi connectivity index (χ2n) is 6.24. The highest BCUT2D eigenvalue weighted by molar-refractivity contribution is 6.34. The van der Waals surface area contributed by atoms with Gasteiger partial charge in [-0.3, -0.25) is 14.9 Å². The van der Waals surface area contributed by atoms with E-state index in [9.17, 15) is 24.5 Å². The first-order valence-corrected chi connectivity index (χ1v) is 8.88. The Morgan fingerprint density at radius 2 is 2.03 bits per heavy atom. The van der Waals surface area contributed by atoms with Gasteiger partial charge < -0.3 is 14.8 Å². The monoisotopic (exact) mass is 418 g/mol. The van der Waals surface area contributed by atoms with Crippen LogP contribution < -0.4 is 5.32 Å². The van der Waals surface area contributed by atoms with Crippen LogP contribution in [0.15, 0.2) is 42.5 Å². The Kier molecular flexibility index (Phi) is 5.79. The number of ether oxygens (including phenoxy) is 2. The third kappa shape index (κ3) is 4.52. The summed E-state index contributed by atoms with van der Waals surface area (Å²) in [4.78, 5) is 46.7. The number of hydrogen-bond donors (Lipinski definition) is 1. The first-order chi connectivity index (χ1) is 13.8. The van der Waals surface area contributed by atoms with E-state index < -0.39 is 35.0 Å². The van der Waals surface area contributed by atoms with Crippen molar-refractivity contribution in [3.05, 3.63) is 68.7 Å². The van der Waals surface area contributed by atoms with Gasteiger partial charge in [0.1, 0.15) is 0 Å². The fourth-order valence-electron chi connectivity index (χ4n) is 2.72. The van der Waals surface area contributed by atoms with E-state index in [2.05, 4.69) is 5.32 Å². The topological polar surface area (TPSA) is 125 Å². The molecule has 3 rings (SSSR count). The van der Waals surface area contributed by atoms with Crippen molar-refractivity contribution in [3.63, 3.8) is 0 Å². The van der Waals surface area contributed by atoms with Crippen molar-refractivity contribution in [1.82, 2.24) is 0 Å². The van der Waals surface area contributed by atoms with Gasteiger partial charge in [-0.25, -0.2) is 9.59 Å². The Morgan fingerprint density at radius 3 is 2.72 bits per heavy atom. The molecule has 2 aromatic carbocycles. The zero-order chi connectivity index (χ0) is 21.1. The zero-order valence-electron chi connectivity index (χ0n) is 15.1. The maximum absolute atomic E-state index is 12.3. The summed E-state index contributed by atoms with van der Waals surface area (Å²) in [6, 6.07) is 10.3. The summed E-state index contributed by atoms with van der Waals surface area (Å²) in [5, 5.41) is 13.1. The van der Waals surface area contributed by atoms with Gasteiger partial charge in [-0.1, -0.05) is 29.8 Å². The lowest BCUT2D eigenvalue weighted by Gasteiger charge is -2.24. The molecule has 0 unspecified atom stereocenters. The Balaban J connectivity index is 1.62. The minimum Gasteiger partial charge on any atom is -0.450 e. The summed E-state index contributed by atoms with van der Waals surface area (Å²) in [5.41, 5.74) is 0.936. The first kappa shape index (κ1) is 20.3. The number of carbonyl (C=O) groups is 3. The number of anilines is 1. The van der Waals surface area contributed by atoms with Crippen LogP contribution >= 0.6 is 11.6 Å². The van der Waals surface area contributed by atoms with E-state index in [1.54, 1.807) is 24.3 Å². The van der Waals surface area contributed by atoms with E-state index in [0.717, 1.165) is 6.07 Å². The number of benzene rings is 2. The highest BCUT2D eigenvalue weighted by atomic mass is 35.5. The predicted molar refractivity (Wildman–Crippen MR) is 102 cm³/mol. The molecular weight excluding hydrogens is 404 g/mol. The van der Waals surface area contributed by atoms with Crippen molar-refractivity contribution < 1.29 is 28.8 Å². The molecule has 0 saturated heterocycles. The maximum atomic E-state index is 12.3. The van der Waals surface area contributed by atoms with Gasteiger partial charge in [-0.05, 0) is 24.6 Å². The van der Waals surface area contributed by atoms with Gasteiger partial charge in [-0.15, -0.1) is 0 Å². The second kappa shape index (κ2) is 8.27. The van der Waals surface area contributed by atoms with Gasteiger partial charge in [0, 0.05) is 18.6 Å². The second-order valence-corrected chi connectivity index (χ2v) is 6.65. The molecule has 1 amide bonds. The van der Waals surface area contributed by atoms with Gasteiger partial charge in [0.25, 0.3) is 11.6 Å². The summed E-state index contributed by atoms with van der Waals surface area (Å²) in [7, 11) is 0. The highest BCUT2D eigenvalue weighted by Crippen LogP contribution is 2.27. The van der Waals surface area contributed by atoms with Crippen molar-refractivity contribution in [3.8, 4) is 0 Å². The molecule has 0 fully saturated rings. The number of nitro groups is 1. The van der Waals surface area contributed by atoms with Crippen LogP contribution in [0, 0.1) is 10.1 Å². The van der Waals surface area contributed by atoms with E-state index in [1.165, 1.54) is 19.1 Å². The molecule has 0 radical (unpaired) electrons. The lowest BCUT2D eigenvalue weighted by molar-refractivity contribution is -0.384. The average Bonchev–Trinajstić information content (AvgIpc) is 2.69. The lowest BCUT2D eigenvalue weighted by atomic mass is 9.99. The quantitative estimate of drug-likeness (QED) is 0.449. The van der Waals surface area contributed by atoms with E-state index in [0.29, 0.717) is 11.1 Å². The van der Waals surface area contributed by atoms with Gasteiger partial charge in [0.2, 0.25) is 6.10 Å². The maximum Gasteiger partial charge on any atom is 0.348 e. The van der Waals surface area contributed by atoms with Gasteiger partial charge in [-0.2, -0.15) is 0 Å². The predicted octanol–water partition coefficient (Wildman–Crippen LogP) is 2.90. The molecule has 0 saturated carbocycles. The smallest absolute Gasteiger partial charge is 0.348 e. The van der Waals surface area contributed by atoms with Crippen molar-refractivity contribution in [2.45, 2.75) is 25.6 Å². The van der Waals surface area contributed by atoms with Crippen molar-refractivity contribution >= 4 is 40.8 Å². The number of hydrogen-bond acceptors (Lipinski definition) is 7. The van der Waals surface area contributed by atoms with E-state index in [1.807, 2.05) is 0 Å². The van der Waals surface area contributed by atoms with Crippen molar-refractivity contribution in [2.75, 3.05) is 5.32 Å². The minimum atomic E-state index is -1.22. The molecule has 0 aromatic heterocycles. The van der Waals surface area contributed by atoms with Gasteiger partial charge >= 0.3 is 11.9 Å². The molecular formula is C19H15ClN2O7. The van der Waals surface area contributed by atoms with E-state index in [4.69, 9.17) is 21.1 Å². The summed E-state index contributed by atoms with van der Waals surface area (Å²) >= 11 is 5.93. The third-order valence-electron chi connectivity index (χ3n) is 4.24. The first-order valence-electron chi connectivity index (χ1n) is 8.50.